The minimum Gasteiger partial charge on any atom is -0.212 e. The summed E-state index contributed by atoms with van der Waals surface area (Å²) >= 11 is 3.46. The number of benzene rings is 1. The molecule has 3 nitrogen and oxygen atoms in total. The predicted octanol–water partition coefficient (Wildman–Crippen LogP) is 2.20. The van der Waals surface area contributed by atoms with Gasteiger partial charge in [0.25, 0.3) is 0 Å². The summed E-state index contributed by atoms with van der Waals surface area (Å²) in [6.07, 6.45) is 5.82. The van der Waals surface area contributed by atoms with Crippen molar-refractivity contribution in [1.29, 1.82) is 0 Å². The third kappa shape index (κ3) is 2.46. The van der Waals surface area contributed by atoms with Crippen LogP contribution in [0.3, 0.4) is 0 Å². The molecule has 1 fully saturated rings. The molecular weight excluding hydrogens is 314 g/mol. The van der Waals surface area contributed by atoms with Crippen LogP contribution in [0.15, 0.2) is 28.7 Å². The molecule has 2 atom stereocenters. The first kappa shape index (κ1) is 13.6. The Morgan fingerprint density at radius 3 is 2.78 bits per heavy atom. The average Bonchev–Trinajstić information content (AvgIpc) is 3.10. The molecule has 1 aliphatic carbocycles. The van der Waals surface area contributed by atoms with Gasteiger partial charge in [-0.2, -0.15) is 4.31 Å². The Morgan fingerprint density at radius 2 is 2.17 bits per heavy atom. The number of terminal acetylenes is 1. The number of hydrogen-bond donors (Lipinski definition) is 0. The van der Waals surface area contributed by atoms with Crippen molar-refractivity contribution in [2.24, 2.45) is 0 Å². The molecule has 96 valence electrons. The van der Waals surface area contributed by atoms with Crippen molar-refractivity contribution < 1.29 is 8.42 Å². The van der Waals surface area contributed by atoms with Crippen LogP contribution in [0.5, 0.6) is 0 Å². The van der Waals surface area contributed by atoms with Crippen LogP contribution < -0.4 is 0 Å². The first-order chi connectivity index (χ1) is 8.48. The molecule has 1 aliphatic rings. The molecule has 1 aromatic rings. The topological polar surface area (TPSA) is 37.4 Å². The number of nitrogens with zero attached hydrogens (tertiary/aromatic N) is 1. The van der Waals surface area contributed by atoms with Crippen molar-refractivity contribution >= 4 is 26.0 Å². The van der Waals surface area contributed by atoms with Crippen LogP contribution in [0.25, 0.3) is 0 Å². The second-order valence-electron chi connectivity index (χ2n) is 4.41. The third-order valence-electron chi connectivity index (χ3n) is 3.17. The van der Waals surface area contributed by atoms with E-state index in [0.29, 0.717) is 6.42 Å². The molecule has 5 heteroatoms. The lowest BCUT2D eigenvalue weighted by molar-refractivity contribution is 0.501. The van der Waals surface area contributed by atoms with E-state index >= 15 is 0 Å². The number of sulfonamides is 1. The van der Waals surface area contributed by atoms with Gasteiger partial charge in [-0.1, -0.05) is 40.0 Å². The summed E-state index contributed by atoms with van der Waals surface area (Å²) in [4.78, 5) is 0. The molecule has 1 saturated carbocycles. The molecule has 2 rings (SSSR count). The number of halogens is 1. The average molecular weight is 328 g/mol. The van der Waals surface area contributed by atoms with Crippen LogP contribution in [-0.4, -0.2) is 31.6 Å². The molecule has 0 N–H and O–H groups in total. The summed E-state index contributed by atoms with van der Waals surface area (Å²) < 4.78 is 26.6. The van der Waals surface area contributed by atoms with E-state index in [4.69, 9.17) is 6.42 Å². The van der Waals surface area contributed by atoms with Gasteiger partial charge in [0.05, 0.1) is 11.8 Å². The number of hydrogen-bond acceptors (Lipinski definition) is 2. The molecule has 0 heterocycles. The molecule has 0 bridgehead atoms. The maximum atomic E-state index is 12.2. The first-order valence-corrected chi connectivity index (χ1v) is 7.91. The van der Waals surface area contributed by atoms with Gasteiger partial charge in [-0.15, -0.1) is 6.42 Å². The Kier molecular flexibility index (Phi) is 3.81. The highest BCUT2D eigenvalue weighted by atomic mass is 79.9. The molecule has 18 heavy (non-hydrogen) atoms. The second-order valence-corrected chi connectivity index (χ2v) is 7.52. The SMILES string of the molecule is C#CCN(C)S(=O)(=O)C1CC1c1ccccc1Br. The smallest absolute Gasteiger partial charge is 0.212 e. The van der Waals surface area contributed by atoms with Crippen LogP contribution in [0.2, 0.25) is 0 Å². The van der Waals surface area contributed by atoms with E-state index in [2.05, 4.69) is 21.9 Å². The largest absolute Gasteiger partial charge is 0.218 e. The van der Waals surface area contributed by atoms with Gasteiger partial charge in [-0.3, -0.25) is 0 Å². The number of rotatable bonds is 4. The van der Waals surface area contributed by atoms with E-state index in [1.165, 1.54) is 11.4 Å². The molecule has 0 spiro atoms. The monoisotopic (exact) mass is 327 g/mol. The van der Waals surface area contributed by atoms with Crippen LogP contribution in [0.4, 0.5) is 0 Å². The van der Waals surface area contributed by atoms with E-state index in [9.17, 15) is 8.42 Å². The van der Waals surface area contributed by atoms with Crippen molar-refractivity contribution in [3.05, 3.63) is 34.3 Å². The van der Waals surface area contributed by atoms with E-state index in [-0.39, 0.29) is 17.7 Å². The van der Waals surface area contributed by atoms with Crippen molar-refractivity contribution in [2.45, 2.75) is 17.6 Å². The fraction of sp³-hybridized carbons (Fsp3) is 0.385. The summed E-state index contributed by atoms with van der Waals surface area (Å²) in [5.74, 6) is 2.43. The van der Waals surface area contributed by atoms with Crippen molar-refractivity contribution in [1.82, 2.24) is 4.31 Å². The van der Waals surface area contributed by atoms with Crippen LogP contribution in [0, 0.1) is 12.3 Å². The summed E-state index contributed by atoms with van der Waals surface area (Å²) in [5.41, 5.74) is 1.06. The zero-order chi connectivity index (χ0) is 13.3. The normalized spacial score (nSPS) is 22.8. The lowest BCUT2D eigenvalue weighted by atomic mass is 10.1. The minimum atomic E-state index is -3.27. The molecule has 0 saturated heterocycles. The Bertz CT molecular complexity index is 591. The van der Waals surface area contributed by atoms with Crippen molar-refractivity contribution in [3.63, 3.8) is 0 Å². The van der Waals surface area contributed by atoms with E-state index in [1.54, 1.807) is 0 Å². The van der Waals surface area contributed by atoms with Crippen LogP contribution >= 0.6 is 15.9 Å². The Balaban J connectivity index is 2.17. The zero-order valence-electron chi connectivity index (χ0n) is 10.0. The molecule has 0 aromatic heterocycles. The fourth-order valence-corrected chi connectivity index (χ4v) is 4.36. The van der Waals surface area contributed by atoms with Gasteiger partial charge in [-0.05, 0) is 18.1 Å². The van der Waals surface area contributed by atoms with Gasteiger partial charge in [0.2, 0.25) is 10.0 Å². The van der Waals surface area contributed by atoms with Crippen LogP contribution in [0.1, 0.15) is 17.9 Å². The molecule has 1 aromatic carbocycles. The molecule has 0 aliphatic heterocycles. The van der Waals surface area contributed by atoms with E-state index in [1.807, 2.05) is 24.3 Å². The van der Waals surface area contributed by atoms with Gasteiger partial charge in [0.1, 0.15) is 0 Å². The van der Waals surface area contributed by atoms with Gasteiger partial charge < -0.3 is 0 Å². The van der Waals surface area contributed by atoms with E-state index < -0.39 is 10.0 Å². The quantitative estimate of drug-likeness (QED) is 0.795. The third-order valence-corrected chi connectivity index (χ3v) is 6.17. The molecule has 2 unspecified atom stereocenters. The van der Waals surface area contributed by atoms with E-state index in [0.717, 1.165) is 10.0 Å². The van der Waals surface area contributed by atoms with Crippen molar-refractivity contribution in [2.75, 3.05) is 13.6 Å². The molecule has 0 radical (unpaired) electrons. The summed E-state index contributed by atoms with van der Waals surface area (Å²) in [6, 6.07) is 7.74. The predicted molar refractivity (Wildman–Crippen MR) is 75.7 cm³/mol. The second kappa shape index (κ2) is 5.04. The Morgan fingerprint density at radius 1 is 1.50 bits per heavy atom. The molecular formula is C13H14BrNO2S. The highest BCUT2D eigenvalue weighted by Crippen LogP contribution is 2.48. The van der Waals surface area contributed by atoms with Gasteiger partial charge >= 0.3 is 0 Å². The fourth-order valence-electron chi connectivity index (χ4n) is 2.05. The highest BCUT2D eigenvalue weighted by molar-refractivity contribution is 9.10. The summed E-state index contributed by atoms with van der Waals surface area (Å²) in [6.45, 7) is 0.127. The first-order valence-electron chi connectivity index (χ1n) is 5.61. The lowest BCUT2D eigenvalue weighted by Gasteiger charge is -2.14. The summed E-state index contributed by atoms with van der Waals surface area (Å²) in [7, 11) is -1.74. The zero-order valence-corrected chi connectivity index (χ0v) is 12.4. The summed E-state index contributed by atoms with van der Waals surface area (Å²) in [5, 5.41) is -0.338. The Labute approximate surface area is 116 Å². The Hall–Kier alpha value is -0.830. The minimum absolute atomic E-state index is 0.0748. The maximum Gasteiger partial charge on any atom is 0.218 e. The van der Waals surface area contributed by atoms with Gasteiger partial charge in [-0.25, -0.2) is 8.42 Å². The lowest BCUT2D eigenvalue weighted by Crippen LogP contribution is -2.31. The highest BCUT2D eigenvalue weighted by Gasteiger charge is 2.50. The standard InChI is InChI=1S/C13H14BrNO2S/c1-3-8-15(2)18(16,17)13-9-11(13)10-6-4-5-7-12(10)14/h1,4-7,11,13H,8-9H2,2H3. The van der Waals surface area contributed by atoms with Gasteiger partial charge in [0, 0.05) is 17.4 Å². The molecule has 0 amide bonds. The van der Waals surface area contributed by atoms with Crippen molar-refractivity contribution in [3.8, 4) is 12.3 Å². The van der Waals surface area contributed by atoms with Gasteiger partial charge in [0.15, 0.2) is 0 Å². The maximum absolute atomic E-state index is 12.2. The van der Waals surface area contributed by atoms with Crippen LogP contribution in [-0.2, 0) is 10.0 Å².